The average molecular weight is 474 g/mol. The van der Waals surface area contributed by atoms with Crippen LogP contribution in [0.1, 0.15) is 23.2 Å². The van der Waals surface area contributed by atoms with Gasteiger partial charge in [-0.2, -0.15) is 0 Å². The minimum absolute atomic E-state index is 0.0186. The molecule has 0 radical (unpaired) electrons. The topological polar surface area (TPSA) is 75.3 Å². The van der Waals surface area contributed by atoms with Gasteiger partial charge in [0.25, 0.3) is 5.91 Å². The molecule has 1 fully saturated rings. The van der Waals surface area contributed by atoms with Gasteiger partial charge in [0.15, 0.2) is 0 Å². The van der Waals surface area contributed by atoms with Gasteiger partial charge in [0.2, 0.25) is 10.0 Å². The molecule has 5 nitrogen and oxygen atoms in total. The lowest BCUT2D eigenvalue weighted by Gasteiger charge is -2.10. The second-order valence-corrected chi connectivity index (χ2v) is 8.99. The van der Waals surface area contributed by atoms with Crippen LogP contribution in [-0.4, -0.2) is 20.4 Å². The quantitative estimate of drug-likeness (QED) is 0.691. The summed E-state index contributed by atoms with van der Waals surface area (Å²) in [6.07, 6.45) is 1.71. The Hall–Kier alpha value is -1.22. The van der Waals surface area contributed by atoms with Crippen molar-refractivity contribution in [1.82, 2.24) is 4.72 Å². The highest BCUT2D eigenvalue weighted by molar-refractivity contribution is 9.11. The number of amides is 1. The van der Waals surface area contributed by atoms with Gasteiger partial charge in [-0.1, -0.05) is 22.0 Å². The molecular weight excluding hydrogens is 460 g/mol. The van der Waals surface area contributed by atoms with Crippen molar-refractivity contribution in [2.75, 3.05) is 5.32 Å². The van der Waals surface area contributed by atoms with Gasteiger partial charge in [-0.15, -0.1) is 0 Å². The van der Waals surface area contributed by atoms with Gasteiger partial charge in [-0.3, -0.25) is 4.79 Å². The van der Waals surface area contributed by atoms with E-state index in [9.17, 15) is 13.2 Å². The van der Waals surface area contributed by atoms with Crippen LogP contribution in [0.4, 0.5) is 5.69 Å². The zero-order valence-electron chi connectivity index (χ0n) is 12.4. The second kappa shape index (κ2) is 6.95. The summed E-state index contributed by atoms with van der Waals surface area (Å²) in [4.78, 5) is 12.5. The van der Waals surface area contributed by atoms with Gasteiger partial charge in [-0.25, -0.2) is 13.1 Å². The summed E-state index contributed by atoms with van der Waals surface area (Å²) in [7, 11) is -3.59. The number of anilines is 1. The smallest absolute Gasteiger partial charge is 0.255 e. The van der Waals surface area contributed by atoms with Crippen molar-refractivity contribution in [2.45, 2.75) is 23.8 Å². The molecule has 8 heteroatoms. The van der Waals surface area contributed by atoms with E-state index in [1.54, 1.807) is 24.3 Å². The minimum atomic E-state index is -3.59. The van der Waals surface area contributed by atoms with E-state index >= 15 is 0 Å². The minimum Gasteiger partial charge on any atom is -0.321 e. The van der Waals surface area contributed by atoms with Gasteiger partial charge in [0.1, 0.15) is 0 Å². The van der Waals surface area contributed by atoms with Crippen LogP contribution in [0.25, 0.3) is 0 Å². The Morgan fingerprint density at radius 2 is 1.83 bits per heavy atom. The Morgan fingerprint density at radius 1 is 1.08 bits per heavy atom. The summed E-state index contributed by atoms with van der Waals surface area (Å²) in [6.45, 7) is 0. The Labute approximate surface area is 157 Å². The number of halogens is 2. The average Bonchev–Trinajstić information content (AvgIpc) is 3.34. The molecule has 1 aliphatic rings. The van der Waals surface area contributed by atoms with Crippen LogP contribution >= 0.6 is 31.9 Å². The molecule has 0 aromatic heterocycles. The Morgan fingerprint density at radius 3 is 2.54 bits per heavy atom. The fourth-order valence-electron chi connectivity index (χ4n) is 2.08. The number of hydrogen-bond acceptors (Lipinski definition) is 3. The summed E-state index contributed by atoms with van der Waals surface area (Å²) in [6, 6.07) is 11.4. The zero-order valence-corrected chi connectivity index (χ0v) is 16.4. The highest BCUT2D eigenvalue weighted by Crippen LogP contribution is 2.27. The number of benzene rings is 2. The second-order valence-electron chi connectivity index (χ2n) is 5.50. The Bertz CT molecular complexity index is 896. The van der Waals surface area contributed by atoms with Crippen molar-refractivity contribution < 1.29 is 13.2 Å². The molecule has 0 spiro atoms. The molecule has 2 aromatic carbocycles. The summed E-state index contributed by atoms with van der Waals surface area (Å²) < 4.78 is 28.7. The lowest BCUT2D eigenvalue weighted by atomic mass is 10.2. The molecule has 0 aliphatic heterocycles. The van der Waals surface area contributed by atoms with Gasteiger partial charge in [-0.05, 0) is 65.2 Å². The van der Waals surface area contributed by atoms with E-state index in [0.717, 1.165) is 21.8 Å². The van der Waals surface area contributed by atoms with Crippen LogP contribution in [0.3, 0.4) is 0 Å². The molecule has 0 saturated heterocycles. The van der Waals surface area contributed by atoms with E-state index in [4.69, 9.17) is 0 Å². The van der Waals surface area contributed by atoms with Crippen molar-refractivity contribution in [3.63, 3.8) is 0 Å². The maximum absolute atomic E-state index is 12.4. The largest absolute Gasteiger partial charge is 0.321 e. The van der Waals surface area contributed by atoms with Crippen molar-refractivity contribution in [3.8, 4) is 0 Å². The molecule has 2 N–H and O–H groups in total. The van der Waals surface area contributed by atoms with Crippen LogP contribution in [0, 0.1) is 0 Å². The first-order valence-corrected chi connectivity index (χ1v) is 10.3. The van der Waals surface area contributed by atoms with E-state index in [0.29, 0.717) is 5.69 Å². The van der Waals surface area contributed by atoms with Crippen molar-refractivity contribution in [2.24, 2.45) is 0 Å². The predicted octanol–water partition coefficient (Wildman–Crippen LogP) is 3.90. The summed E-state index contributed by atoms with van der Waals surface area (Å²) in [5.41, 5.74) is 0.874. The van der Waals surface area contributed by atoms with Crippen LogP contribution in [0.15, 0.2) is 56.3 Å². The van der Waals surface area contributed by atoms with E-state index < -0.39 is 10.0 Å². The van der Waals surface area contributed by atoms with Crippen molar-refractivity contribution >= 4 is 53.5 Å². The summed E-state index contributed by atoms with van der Waals surface area (Å²) in [5, 5.41) is 2.77. The molecule has 1 amide bonds. The lowest BCUT2D eigenvalue weighted by molar-refractivity contribution is 0.102. The molecule has 0 bridgehead atoms. The van der Waals surface area contributed by atoms with E-state index in [1.807, 2.05) is 6.07 Å². The van der Waals surface area contributed by atoms with E-state index in [2.05, 4.69) is 41.9 Å². The van der Waals surface area contributed by atoms with Gasteiger partial charge < -0.3 is 5.32 Å². The fourth-order valence-corrected chi connectivity index (χ4v) is 4.14. The van der Waals surface area contributed by atoms with E-state index in [-0.39, 0.29) is 22.4 Å². The SMILES string of the molecule is O=C(Nc1cc(Br)ccc1Br)c1cccc(S(=O)(=O)NC2CC2)c1. The fraction of sp³-hybridized carbons (Fsp3) is 0.188. The molecule has 24 heavy (non-hydrogen) atoms. The molecule has 0 unspecified atom stereocenters. The highest BCUT2D eigenvalue weighted by Gasteiger charge is 2.28. The maximum Gasteiger partial charge on any atom is 0.255 e. The highest BCUT2D eigenvalue weighted by atomic mass is 79.9. The zero-order chi connectivity index (χ0) is 17.3. The third-order valence-electron chi connectivity index (χ3n) is 3.48. The van der Waals surface area contributed by atoms with Crippen LogP contribution < -0.4 is 10.0 Å². The van der Waals surface area contributed by atoms with Crippen molar-refractivity contribution in [3.05, 3.63) is 57.0 Å². The third-order valence-corrected chi connectivity index (χ3v) is 6.19. The van der Waals surface area contributed by atoms with Gasteiger partial charge in [0.05, 0.1) is 10.6 Å². The molecule has 126 valence electrons. The van der Waals surface area contributed by atoms with Crippen LogP contribution in [-0.2, 0) is 10.0 Å². The molecular formula is C16H14Br2N2O3S. The first-order chi connectivity index (χ1) is 11.3. The molecule has 0 heterocycles. The lowest BCUT2D eigenvalue weighted by Crippen LogP contribution is -2.26. The molecule has 1 saturated carbocycles. The third kappa shape index (κ3) is 4.24. The molecule has 0 atom stereocenters. The normalized spacial score (nSPS) is 14.4. The number of nitrogens with one attached hydrogen (secondary N) is 2. The van der Waals surface area contributed by atoms with Crippen LogP contribution in [0.5, 0.6) is 0 Å². The molecule has 3 rings (SSSR count). The van der Waals surface area contributed by atoms with Crippen LogP contribution in [0.2, 0.25) is 0 Å². The first-order valence-electron chi connectivity index (χ1n) is 7.24. The van der Waals surface area contributed by atoms with E-state index in [1.165, 1.54) is 12.1 Å². The maximum atomic E-state index is 12.4. The number of carbonyl (C=O) groups is 1. The standard InChI is InChI=1S/C16H14Br2N2O3S/c17-11-4-7-14(18)15(9-11)19-16(21)10-2-1-3-13(8-10)24(22,23)20-12-5-6-12/h1-4,7-9,12,20H,5-6H2,(H,19,21). The van der Waals surface area contributed by atoms with Crippen molar-refractivity contribution in [1.29, 1.82) is 0 Å². The Kier molecular flexibility index (Phi) is 5.10. The number of hydrogen-bond donors (Lipinski definition) is 2. The Balaban J connectivity index is 1.82. The number of rotatable bonds is 5. The first kappa shape index (κ1) is 17.6. The summed E-state index contributed by atoms with van der Waals surface area (Å²) in [5.74, 6) is -0.378. The number of sulfonamides is 1. The monoisotopic (exact) mass is 472 g/mol. The predicted molar refractivity (Wildman–Crippen MR) is 99.6 cm³/mol. The summed E-state index contributed by atoms with van der Waals surface area (Å²) >= 11 is 6.72. The molecule has 2 aromatic rings. The van der Waals surface area contributed by atoms with Gasteiger partial charge in [0, 0.05) is 20.6 Å². The van der Waals surface area contributed by atoms with Gasteiger partial charge >= 0.3 is 0 Å². The number of carbonyl (C=O) groups excluding carboxylic acids is 1. The molecule has 1 aliphatic carbocycles.